The molecule has 0 aliphatic carbocycles. The van der Waals surface area contributed by atoms with Crippen molar-refractivity contribution in [2.75, 3.05) is 26.2 Å². The molecule has 0 saturated carbocycles. The maximum Gasteiger partial charge on any atom is 0.339 e. The molecule has 9 heteroatoms. The van der Waals surface area contributed by atoms with Crippen molar-refractivity contribution in [3.8, 4) is 0 Å². The summed E-state index contributed by atoms with van der Waals surface area (Å²) in [6, 6.07) is 13.1. The fourth-order valence-electron chi connectivity index (χ4n) is 3.87. The van der Waals surface area contributed by atoms with Gasteiger partial charge in [-0.25, -0.2) is 13.2 Å². The van der Waals surface area contributed by atoms with E-state index in [0.717, 1.165) is 5.56 Å². The van der Waals surface area contributed by atoms with Crippen LogP contribution < -0.4 is 0 Å². The Morgan fingerprint density at radius 3 is 2.33 bits per heavy atom. The number of esters is 1. The number of hydrogen-bond acceptors (Lipinski definition) is 5. The Morgan fingerprint density at radius 1 is 1.03 bits per heavy atom. The first kappa shape index (κ1) is 20.8. The number of sulfonamides is 1. The predicted molar refractivity (Wildman–Crippen MR) is 111 cm³/mol. The van der Waals surface area contributed by atoms with Crippen molar-refractivity contribution in [1.29, 1.82) is 0 Å². The van der Waals surface area contributed by atoms with Crippen molar-refractivity contribution in [2.45, 2.75) is 23.8 Å². The number of amides is 1. The summed E-state index contributed by atoms with van der Waals surface area (Å²) in [5, 5.41) is 0.459. The average Bonchev–Trinajstić information content (AvgIpc) is 2.73. The molecule has 2 heterocycles. The number of cyclic esters (lactones) is 1. The third kappa shape index (κ3) is 3.71. The molecule has 158 valence electrons. The maximum absolute atomic E-state index is 13.2. The molecule has 2 aromatic carbocycles. The third-order valence-corrected chi connectivity index (χ3v) is 7.68. The lowest BCUT2D eigenvalue weighted by Crippen LogP contribution is -2.58. The van der Waals surface area contributed by atoms with Crippen molar-refractivity contribution in [2.24, 2.45) is 0 Å². The highest BCUT2D eigenvalue weighted by atomic mass is 35.5. The Morgan fingerprint density at radius 2 is 1.67 bits per heavy atom. The Bertz CT molecular complexity index is 1090. The normalized spacial score (nSPS) is 22.3. The Balaban J connectivity index is 1.46. The molecule has 0 radical (unpaired) electrons. The van der Waals surface area contributed by atoms with Gasteiger partial charge in [0.2, 0.25) is 10.0 Å². The molecule has 2 aliphatic rings. The highest BCUT2D eigenvalue weighted by Gasteiger charge is 2.45. The first-order valence-electron chi connectivity index (χ1n) is 9.57. The van der Waals surface area contributed by atoms with Crippen LogP contribution in [0.4, 0.5) is 0 Å². The summed E-state index contributed by atoms with van der Waals surface area (Å²) in [6.07, 6.45) is 0.289. The molecule has 7 nitrogen and oxygen atoms in total. The summed E-state index contributed by atoms with van der Waals surface area (Å²) >= 11 is 5.84. The van der Waals surface area contributed by atoms with Crippen LogP contribution in [0.5, 0.6) is 0 Å². The number of ether oxygens (including phenoxy) is 1. The molecular weight excluding hydrogens is 428 g/mol. The molecule has 2 aromatic rings. The van der Waals surface area contributed by atoms with E-state index in [1.807, 2.05) is 12.1 Å². The van der Waals surface area contributed by atoms with Gasteiger partial charge in [-0.3, -0.25) is 4.79 Å². The first-order valence-corrected chi connectivity index (χ1v) is 11.4. The summed E-state index contributed by atoms with van der Waals surface area (Å²) in [5.74, 6) is -0.828. The van der Waals surface area contributed by atoms with Crippen molar-refractivity contribution in [1.82, 2.24) is 9.21 Å². The van der Waals surface area contributed by atoms with Crippen LogP contribution >= 0.6 is 11.6 Å². The highest BCUT2D eigenvalue weighted by Crippen LogP contribution is 2.30. The van der Waals surface area contributed by atoms with E-state index in [-0.39, 0.29) is 43.4 Å². The van der Waals surface area contributed by atoms with E-state index >= 15 is 0 Å². The van der Waals surface area contributed by atoms with Crippen LogP contribution in [0.15, 0.2) is 53.4 Å². The second-order valence-corrected chi connectivity index (χ2v) is 9.98. The molecule has 0 bridgehead atoms. The molecule has 1 fully saturated rings. The minimum Gasteiger partial charge on any atom is -0.445 e. The van der Waals surface area contributed by atoms with Gasteiger partial charge in [0, 0.05) is 37.6 Å². The number of benzene rings is 2. The number of rotatable bonds is 3. The van der Waals surface area contributed by atoms with Crippen molar-refractivity contribution in [3.05, 3.63) is 64.7 Å². The number of carbonyl (C=O) groups is 2. The number of nitrogens with zero attached hydrogens (tertiary/aromatic N) is 2. The van der Waals surface area contributed by atoms with Gasteiger partial charge in [-0.15, -0.1) is 0 Å². The van der Waals surface area contributed by atoms with Gasteiger partial charge in [0.1, 0.15) is 0 Å². The molecule has 1 amide bonds. The van der Waals surface area contributed by atoms with Gasteiger partial charge in [0.05, 0.1) is 10.5 Å². The van der Waals surface area contributed by atoms with E-state index in [2.05, 4.69) is 0 Å². The average molecular weight is 449 g/mol. The van der Waals surface area contributed by atoms with E-state index in [4.69, 9.17) is 16.3 Å². The topological polar surface area (TPSA) is 84.0 Å². The largest absolute Gasteiger partial charge is 0.445 e. The van der Waals surface area contributed by atoms with E-state index in [1.54, 1.807) is 24.0 Å². The lowest BCUT2D eigenvalue weighted by atomic mass is 9.89. The summed E-state index contributed by atoms with van der Waals surface area (Å²) in [5.41, 5.74) is -0.0574. The Hall–Kier alpha value is -2.42. The van der Waals surface area contributed by atoms with Gasteiger partial charge in [-0.2, -0.15) is 4.31 Å². The van der Waals surface area contributed by atoms with Crippen molar-refractivity contribution >= 4 is 33.5 Å². The minimum absolute atomic E-state index is 0.163. The first-order chi connectivity index (χ1) is 14.2. The van der Waals surface area contributed by atoms with Gasteiger partial charge >= 0.3 is 5.97 Å². The van der Waals surface area contributed by atoms with Crippen LogP contribution in [-0.2, 0) is 26.0 Å². The molecule has 1 saturated heterocycles. The Kier molecular flexibility index (Phi) is 5.34. The molecule has 1 atom stereocenters. The molecule has 30 heavy (non-hydrogen) atoms. The highest BCUT2D eigenvalue weighted by molar-refractivity contribution is 7.89. The Labute approximate surface area is 180 Å². The van der Waals surface area contributed by atoms with Crippen LogP contribution in [0.1, 0.15) is 22.8 Å². The number of piperazine rings is 1. The molecule has 0 spiro atoms. The summed E-state index contributed by atoms with van der Waals surface area (Å²) in [6.45, 7) is 2.38. The predicted octanol–water partition coefficient (Wildman–Crippen LogP) is 2.34. The summed E-state index contributed by atoms with van der Waals surface area (Å²) < 4.78 is 32.5. The van der Waals surface area contributed by atoms with Gasteiger partial charge in [0.25, 0.3) is 5.91 Å². The van der Waals surface area contributed by atoms with Crippen molar-refractivity contribution in [3.63, 3.8) is 0 Å². The lowest BCUT2D eigenvalue weighted by Gasteiger charge is -2.40. The van der Waals surface area contributed by atoms with Gasteiger partial charge in [0.15, 0.2) is 5.60 Å². The third-order valence-electron chi connectivity index (χ3n) is 5.51. The van der Waals surface area contributed by atoms with Crippen LogP contribution in [0.25, 0.3) is 0 Å². The molecule has 0 N–H and O–H groups in total. The standard InChI is InChI=1S/C21H21ClN2O5S/c1-21(14-15-4-2-3-5-18(15)19(25)29-21)20(26)23-10-12-24(13-11-23)30(27,28)17-8-6-16(22)7-9-17/h2-9H,10-14H2,1H3/t21-/m1/s1. The smallest absolute Gasteiger partial charge is 0.339 e. The SMILES string of the molecule is C[C@]1(C(=O)N2CCN(S(=O)(=O)c3ccc(Cl)cc3)CC2)Cc2ccccc2C(=O)O1. The monoisotopic (exact) mass is 448 g/mol. The zero-order valence-corrected chi connectivity index (χ0v) is 17.9. The van der Waals surface area contributed by atoms with Crippen LogP contribution in [0.2, 0.25) is 5.02 Å². The lowest BCUT2D eigenvalue weighted by molar-refractivity contribution is -0.152. The quantitative estimate of drug-likeness (QED) is 0.673. The van der Waals surface area contributed by atoms with Crippen LogP contribution in [0, 0.1) is 0 Å². The van der Waals surface area contributed by atoms with Gasteiger partial charge < -0.3 is 9.64 Å². The zero-order valence-electron chi connectivity index (χ0n) is 16.4. The fourth-order valence-corrected chi connectivity index (χ4v) is 5.42. The number of hydrogen-bond donors (Lipinski definition) is 0. The molecule has 0 unspecified atom stereocenters. The van der Waals surface area contributed by atoms with Gasteiger partial charge in [-0.1, -0.05) is 29.8 Å². The summed E-state index contributed by atoms with van der Waals surface area (Å²) in [7, 11) is -3.67. The van der Waals surface area contributed by atoms with E-state index in [1.165, 1.54) is 28.6 Å². The second-order valence-electron chi connectivity index (χ2n) is 7.60. The second kappa shape index (κ2) is 7.68. The number of halogens is 1. The minimum atomic E-state index is -3.67. The molecule has 4 rings (SSSR count). The molecule has 2 aliphatic heterocycles. The van der Waals surface area contributed by atoms with E-state index in [0.29, 0.717) is 10.6 Å². The fraction of sp³-hybridized carbons (Fsp3) is 0.333. The van der Waals surface area contributed by atoms with Gasteiger partial charge in [-0.05, 0) is 42.8 Å². The van der Waals surface area contributed by atoms with Crippen LogP contribution in [0.3, 0.4) is 0 Å². The maximum atomic E-state index is 13.2. The number of carbonyl (C=O) groups excluding carboxylic acids is 2. The molecular formula is C21H21ClN2O5S. The van der Waals surface area contributed by atoms with E-state index < -0.39 is 21.6 Å². The number of fused-ring (bicyclic) bond motifs is 1. The molecule has 0 aromatic heterocycles. The van der Waals surface area contributed by atoms with Crippen LogP contribution in [-0.4, -0.2) is 61.3 Å². The van der Waals surface area contributed by atoms with E-state index in [9.17, 15) is 18.0 Å². The van der Waals surface area contributed by atoms with Crippen molar-refractivity contribution < 1.29 is 22.7 Å². The zero-order chi connectivity index (χ0) is 21.5. The summed E-state index contributed by atoms with van der Waals surface area (Å²) in [4.78, 5) is 27.3.